The Balaban J connectivity index is 0.00000364. The van der Waals surface area contributed by atoms with Crippen molar-refractivity contribution < 1.29 is 14.6 Å². The molecule has 8 heteroatoms. The third kappa shape index (κ3) is 6.90. The van der Waals surface area contributed by atoms with Crippen molar-refractivity contribution in [1.82, 2.24) is 10.2 Å². The minimum atomic E-state index is -0.763. The normalized spacial score (nSPS) is 17.7. The first-order valence-electron chi connectivity index (χ1n) is 8.97. The molecule has 0 saturated carbocycles. The third-order valence-corrected chi connectivity index (χ3v) is 5.57. The number of halogens is 1. The maximum Gasteiger partial charge on any atom is 0.194 e. The number of hydrogen-bond donors (Lipinski definition) is 2. The first kappa shape index (κ1) is 24.2. The van der Waals surface area contributed by atoms with Crippen LogP contribution >= 0.6 is 35.7 Å². The van der Waals surface area contributed by atoms with Crippen LogP contribution in [-0.2, 0) is 0 Å². The van der Waals surface area contributed by atoms with Gasteiger partial charge in [0.05, 0.1) is 20.8 Å². The number of methoxy groups -OCH3 is 2. The summed E-state index contributed by atoms with van der Waals surface area (Å²) in [6.45, 7) is 9.51. The van der Waals surface area contributed by atoms with E-state index in [1.807, 2.05) is 17.8 Å². The number of aliphatic hydroxyl groups excluding tert-OH is 1. The van der Waals surface area contributed by atoms with Gasteiger partial charge in [-0.15, -0.1) is 24.0 Å². The molecule has 6 nitrogen and oxygen atoms in total. The molecule has 0 bridgehead atoms. The number of rotatable bonds is 6. The minimum absolute atomic E-state index is 0. The van der Waals surface area contributed by atoms with E-state index in [9.17, 15) is 5.11 Å². The van der Waals surface area contributed by atoms with Gasteiger partial charge in [-0.05, 0) is 39.0 Å². The van der Waals surface area contributed by atoms with E-state index in [1.165, 1.54) is 0 Å². The van der Waals surface area contributed by atoms with Crippen molar-refractivity contribution in [2.24, 2.45) is 4.99 Å². The van der Waals surface area contributed by atoms with Crippen LogP contribution in [-0.4, -0.2) is 66.9 Å². The molecule has 1 aliphatic rings. The van der Waals surface area contributed by atoms with Crippen molar-refractivity contribution >= 4 is 41.7 Å². The van der Waals surface area contributed by atoms with Crippen molar-refractivity contribution in [3.05, 3.63) is 23.8 Å². The van der Waals surface area contributed by atoms with Crippen LogP contribution in [0.4, 0.5) is 0 Å². The standard InChI is InChI=1S/C19H31N3O3S.HI/c1-6-20-18(22-9-10-26-19(2,3)13-22)21-12-16(23)15-11-14(24-4)7-8-17(15)25-5;/h7-8,11,16,23H,6,9-10,12-13H2,1-5H3,(H,20,21);1H. The lowest BCUT2D eigenvalue weighted by atomic mass is 10.1. The molecule has 154 valence electrons. The second kappa shape index (κ2) is 11.2. The molecule has 0 amide bonds. The Morgan fingerprint density at radius 1 is 1.37 bits per heavy atom. The fourth-order valence-electron chi connectivity index (χ4n) is 2.99. The van der Waals surface area contributed by atoms with E-state index in [0.29, 0.717) is 17.1 Å². The van der Waals surface area contributed by atoms with E-state index in [1.54, 1.807) is 26.4 Å². The van der Waals surface area contributed by atoms with Crippen LogP contribution < -0.4 is 14.8 Å². The Morgan fingerprint density at radius 2 is 2.11 bits per heavy atom. The number of nitrogens with one attached hydrogen (secondary N) is 1. The first-order chi connectivity index (χ1) is 12.4. The van der Waals surface area contributed by atoms with Gasteiger partial charge in [0, 0.05) is 35.7 Å². The summed E-state index contributed by atoms with van der Waals surface area (Å²) in [5, 5.41) is 14.0. The average Bonchev–Trinajstić information content (AvgIpc) is 2.63. The van der Waals surface area contributed by atoms with Crippen LogP contribution in [0.15, 0.2) is 23.2 Å². The maximum atomic E-state index is 10.7. The van der Waals surface area contributed by atoms with Gasteiger partial charge in [0.25, 0.3) is 0 Å². The van der Waals surface area contributed by atoms with E-state index in [0.717, 1.165) is 31.3 Å². The van der Waals surface area contributed by atoms with Crippen molar-refractivity contribution in [3.8, 4) is 11.5 Å². The van der Waals surface area contributed by atoms with E-state index in [-0.39, 0.29) is 35.3 Å². The lowest BCUT2D eigenvalue weighted by Gasteiger charge is -2.39. The lowest BCUT2D eigenvalue weighted by Crippen LogP contribution is -2.51. The molecule has 1 unspecified atom stereocenters. The zero-order chi connectivity index (χ0) is 19.2. The Hall–Kier alpha value is -0.870. The molecule has 1 atom stereocenters. The number of guanidine groups is 1. The van der Waals surface area contributed by atoms with Gasteiger partial charge in [-0.25, -0.2) is 0 Å². The van der Waals surface area contributed by atoms with Crippen LogP contribution in [0.3, 0.4) is 0 Å². The molecule has 1 fully saturated rings. The highest BCUT2D eigenvalue weighted by Crippen LogP contribution is 2.31. The number of hydrogen-bond acceptors (Lipinski definition) is 5. The number of aliphatic hydroxyl groups is 1. The smallest absolute Gasteiger partial charge is 0.194 e. The SMILES string of the molecule is CCNC(=NCC(O)c1cc(OC)ccc1OC)N1CCSC(C)(C)C1.I. The van der Waals surface area contributed by atoms with Gasteiger partial charge in [-0.2, -0.15) is 11.8 Å². The predicted molar refractivity (Wildman–Crippen MR) is 124 cm³/mol. The van der Waals surface area contributed by atoms with Crippen LogP contribution in [0.2, 0.25) is 0 Å². The number of benzene rings is 1. The molecule has 2 rings (SSSR count). The van der Waals surface area contributed by atoms with Crippen LogP contribution in [0, 0.1) is 0 Å². The van der Waals surface area contributed by atoms with Gasteiger partial charge in [-0.3, -0.25) is 4.99 Å². The lowest BCUT2D eigenvalue weighted by molar-refractivity contribution is 0.181. The second-order valence-corrected chi connectivity index (χ2v) is 8.65. The molecular formula is C19H32IN3O3S. The summed E-state index contributed by atoms with van der Waals surface area (Å²) in [7, 11) is 3.20. The molecule has 27 heavy (non-hydrogen) atoms. The topological polar surface area (TPSA) is 66.3 Å². The summed E-state index contributed by atoms with van der Waals surface area (Å²) in [5.41, 5.74) is 0.681. The van der Waals surface area contributed by atoms with Crippen LogP contribution in [0.25, 0.3) is 0 Å². The van der Waals surface area contributed by atoms with E-state index in [4.69, 9.17) is 9.47 Å². The highest BCUT2D eigenvalue weighted by molar-refractivity contribution is 14.0. The molecule has 0 aromatic heterocycles. The Morgan fingerprint density at radius 3 is 2.70 bits per heavy atom. The van der Waals surface area contributed by atoms with Gasteiger partial charge in [-0.1, -0.05) is 0 Å². The first-order valence-corrected chi connectivity index (χ1v) is 9.96. The Kier molecular flexibility index (Phi) is 10.0. The third-order valence-electron chi connectivity index (χ3n) is 4.27. The predicted octanol–water partition coefficient (Wildman–Crippen LogP) is 3.15. The number of thioether (sulfide) groups is 1. The van der Waals surface area contributed by atoms with E-state index >= 15 is 0 Å². The van der Waals surface area contributed by atoms with Gasteiger partial charge in [0.15, 0.2) is 5.96 Å². The van der Waals surface area contributed by atoms with Crippen LogP contribution in [0.5, 0.6) is 11.5 Å². The number of nitrogens with zero attached hydrogens (tertiary/aromatic N) is 2. The van der Waals surface area contributed by atoms with Crippen LogP contribution in [0.1, 0.15) is 32.4 Å². The van der Waals surface area contributed by atoms with Gasteiger partial charge in [0.2, 0.25) is 0 Å². The summed E-state index contributed by atoms with van der Waals surface area (Å²) < 4.78 is 10.8. The largest absolute Gasteiger partial charge is 0.497 e. The Labute approximate surface area is 184 Å². The summed E-state index contributed by atoms with van der Waals surface area (Å²) in [6, 6.07) is 5.42. The number of ether oxygens (including phenoxy) is 2. The van der Waals surface area contributed by atoms with E-state index < -0.39 is 6.10 Å². The molecule has 0 aliphatic carbocycles. The van der Waals surface area contributed by atoms with E-state index in [2.05, 4.69) is 36.0 Å². The van der Waals surface area contributed by atoms with Crippen molar-refractivity contribution in [2.75, 3.05) is 46.2 Å². The van der Waals surface area contributed by atoms with Crippen molar-refractivity contribution in [2.45, 2.75) is 31.6 Å². The van der Waals surface area contributed by atoms with Crippen molar-refractivity contribution in [3.63, 3.8) is 0 Å². The summed E-state index contributed by atoms with van der Waals surface area (Å²) in [4.78, 5) is 6.96. The van der Waals surface area contributed by atoms with Gasteiger partial charge in [0.1, 0.15) is 17.6 Å². The van der Waals surface area contributed by atoms with Gasteiger partial charge < -0.3 is 24.8 Å². The summed E-state index contributed by atoms with van der Waals surface area (Å²) in [5.74, 6) is 3.24. The maximum absolute atomic E-state index is 10.7. The monoisotopic (exact) mass is 509 g/mol. The molecule has 1 aliphatic heterocycles. The molecule has 1 aromatic rings. The molecule has 0 spiro atoms. The summed E-state index contributed by atoms with van der Waals surface area (Å²) in [6.07, 6.45) is -0.763. The highest BCUT2D eigenvalue weighted by atomic mass is 127. The molecule has 0 radical (unpaired) electrons. The fourth-order valence-corrected chi connectivity index (χ4v) is 4.11. The Bertz CT molecular complexity index is 628. The quantitative estimate of drug-likeness (QED) is 0.349. The molecule has 1 saturated heterocycles. The number of aliphatic imine (C=N–C) groups is 1. The molecule has 1 heterocycles. The average molecular weight is 509 g/mol. The van der Waals surface area contributed by atoms with Crippen molar-refractivity contribution in [1.29, 1.82) is 0 Å². The zero-order valence-electron chi connectivity index (χ0n) is 16.8. The molecule has 1 aromatic carbocycles. The highest BCUT2D eigenvalue weighted by Gasteiger charge is 2.28. The van der Waals surface area contributed by atoms with Gasteiger partial charge >= 0.3 is 0 Å². The zero-order valence-corrected chi connectivity index (χ0v) is 20.0. The summed E-state index contributed by atoms with van der Waals surface area (Å²) >= 11 is 1.99. The molecular weight excluding hydrogens is 477 g/mol. The fraction of sp³-hybridized carbons (Fsp3) is 0.632. The molecule has 2 N–H and O–H groups in total. The second-order valence-electron chi connectivity index (χ2n) is 6.85. The minimum Gasteiger partial charge on any atom is -0.497 e.